The van der Waals surface area contributed by atoms with Crippen molar-refractivity contribution in [2.24, 2.45) is 17.3 Å². The van der Waals surface area contributed by atoms with E-state index in [4.69, 9.17) is 0 Å². The van der Waals surface area contributed by atoms with Gasteiger partial charge in [-0.25, -0.2) is 0 Å². The largest absolute Gasteiger partial charge is 0.293 e. The van der Waals surface area contributed by atoms with Gasteiger partial charge in [-0.1, -0.05) is 27.7 Å². The van der Waals surface area contributed by atoms with Gasteiger partial charge in [0.15, 0.2) is 5.78 Å². The lowest BCUT2D eigenvalue weighted by Gasteiger charge is -2.36. The lowest BCUT2D eigenvalue weighted by molar-refractivity contribution is 0.0823. The molecule has 1 fully saturated rings. The van der Waals surface area contributed by atoms with Crippen LogP contribution in [0.3, 0.4) is 0 Å². The number of ketones is 1. The summed E-state index contributed by atoms with van der Waals surface area (Å²) in [7, 11) is 0. The van der Waals surface area contributed by atoms with Crippen molar-refractivity contribution in [2.75, 3.05) is 0 Å². The molecule has 0 bridgehead atoms. The van der Waals surface area contributed by atoms with Crippen LogP contribution in [0.1, 0.15) is 67.9 Å². The zero-order chi connectivity index (χ0) is 14.0. The van der Waals surface area contributed by atoms with E-state index in [2.05, 4.69) is 33.8 Å². The predicted octanol–water partition coefficient (Wildman–Crippen LogP) is 5.35. The van der Waals surface area contributed by atoms with Crippen molar-refractivity contribution in [1.29, 1.82) is 0 Å². The Hall–Kier alpha value is -0.630. The molecule has 1 aromatic heterocycles. The molecule has 0 atom stereocenters. The molecule has 0 unspecified atom stereocenters. The normalized spacial score (nSPS) is 24.4. The molecule has 2 rings (SSSR count). The van der Waals surface area contributed by atoms with Crippen LogP contribution >= 0.6 is 11.3 Å². The summed E-state index contributed by atoms with van der Waals surface area (Å²) in [6.45, 7) is 9.13. The second kappa shape index (κ2) is 5.78. The summed E-state index contributed by atoms with van der Waals surface area (Å²) in [4.78, 5) is 14.8. The molecule has 0 aliphatic heterocycles. The fourth-order valence-corrected chi connectivity index (χ4v) is 4.09. The minimum Gasteiger partial charge on any atom is -0.293 e. The molecule has 1 aliphatic rings. The average Bonchev–Trinajstić information content (AvgIpc) is 2.86. The van der Waals surface area contributed by atoms with Gasteiger partial charge in [-0.2, -0.15) is 0 Å². The Morgan fingerprint density at radius 3 is 2.32 bits per heavy atom. The van der Waals surface area contributed by atoms with Crippen molar-refractivity contribution in [1.82, 2.24) is 0 Å². The van der Waals surface area contributed by atoms with Gasteiger partial charge in [0.2, 0.25) is 0 Å². The van der Waals surface area contributed by atoms with E-state index in [0.717, 1.165) is 30.1 Å². The number of Topliss-reactive ketones (excluding diaryl/α,β-unsaturated/α-hetero) is 1. The summed E-state index contributed by atoms with van der Waals surface area (Å²) in [6.07, 6.45) is 5.63. The molecule has 0 saturated heterocycles. The number of carbonyl (C=O) groups is 1. The number of hydrogen-bond donors (Lipinski definition) is 0. The molecule has 0 spiro atoms. The van der Waals surface area contributed by atoms with E-state index >= 15 is 0 Å². The molecule has 1 aliphatic carbocycles. The molecule has 0 amide bonds. The first-order valence-corrected chi connectivity index (χ1v) is 8.36. The van der Waals surface area contributed by atoms with Crippen molar-refractivity contribution in [3.63, 3.8) is 0 Å². The summed E-state index contributed by atoms with van der Waals surface area (Å²) < 4.78 is 0. The standard InChI is InChI=1S/C17H26OS/c1-5-14-10-11-15(19-14)16(18)12-6-8-13(9-7-12)17(2,3)4/h10-13H,5-9H2,1-4H3. The maximum atomic E-state index is 12.5. The van der Waals surface area contributed by atoms with Gasteiger partial charge in [0.05, 0.1) is 4.88 Å². The average molecular weight is 278 g/mol. The van der Waals surface area contributed by atoms with Crippen molar-refractivity contribution >= 4 is 17.1 Å². The summed E-state index contributed by atoms with van der Waals surface area (Å²) in [5, 5.41) is 0. The number of aryl methyl sites for hydroxylation is 1. The molecule has 1 saturated carbocycles. The highest BCUT2D eigenvalue weighted by atomic mass is 32.1. The summed E-state index contributed by atoms with van der Waals surface area (Å²) in [6, 6.07) is 4.14. The Kier molecular flexibility index (Phi) is 4.50. The van der Waals surface area contributed by atoms with E-state index in [9.17, 15) is 4.79 Å². The van der Waals surface area contributed by atoms with Gasteiger partial charge < -0.3 is 0 Å². The van der Waals surface area contributed by atoms with Crippen LogP contribution in [0.15, 0.2) is 12.1 Å². The fourth-order valence-electron chi connectivity index (χ4n) is 3.12. The van der Waals surface area contributed by atoms with Crippen molar-refractivity contribution in [3.8, 4) is 0 Å². The van der Waals surface area contributed by atoms with E-state index < -0.39 is 0 Å². The van der Waals surface area contributed by atoms with Crippen LogP contribution in [0, 0.1) is 17.3 Å². The van der Waals surface area contributed by atoms with Crippen LogP contribution in [0.2, 0.25) is 0 Å². The first-order chi connectivity index (χ1) is 8.91. The third-order valence-corrected chi connectivity index (χ3v) is 5.82. The molecule has 0 radical (unpaired) electrons. The van der Waals surface area contributed by atoms with Crippen LogP contribution in [-0.2, 0) is 6.42 Å². The van der Waals surface area contributed by atoms with Crippen molar-refractivity contribution < 1.29 is 4.79 Å². The summed E-state index contributed by atoms with van der Waals surface area (Å²) in [5.41, 5.74) is 0.395. The summed E-state index contributed by atoms with van der Waals surface area (Å²) >= 11 is 1.69. The third-order valence-electron chi connectivity index (χ3n) is 4.58. The molecule has 1 heterocycles. The first-order valence-electron chi connectivity index (χ1n) is 7.54. The molecule has 1 aromatic rings. The quantitative estimate of drug-likeness (QED) is 0.681. The fraction of sp³-hybridized carbons (Fsp3) is 0.706. The Morgan fingerprint density at radius 1 is 1.21 bits per heavy atom. The summed E-state index contributed by atoms with van der Waals surface area (Å²) in [5.74, 6) is 1.46. The van der Waals surface area contributed by atoms with Gasteiger partial charge in [-0.15, -0.1) is 11.3 Å². The van der Waals surface area contributed by atoms with E-state index in [1.807, 2.05) is 6.07 Å². The van der Waals surface area contributed by atoms with Gasteiger partial charge in [0.1, 0.15) is 0 Å². The van der Waals surface area contributed by atoms with Crippen LogP contribution in [0.5, 0.6) is 0 Å². The smallest absolute Gasteiger partial charge is 0.175 e. The predicted molar refractivity (Wildman–Crippen MR) is 82.9 cm³/mol. The Balaban J connectivity index is 1.96. The van der Waals surface area contributed by atoms with Crippen LogP contribution in [0.4, 0.5) is 0 Å². The maximum absolute atomic E-state index is 12.5. The SMILES string of the molecule is CCc1ccc(C(=O)C2CCC(C(C)(C)C)CC2)s1. The van der Waals surface area contributed by atoms with E-state index in [1.54, 1.807) is 11.3 Å². The maximum Gasteiger partial charge on any atom is 0.175 e. The van der Waals surface area contributed by atoms with Crippen molar-refractivity contribution in [3.05, 3.63) is 21.9 Å². The van der Waals surface area contributed by atoms with E-state index in [1.165, 1.54) is 17.7 Å². The molecular formula is C17H26OS. The Bertz CT molecular complexity index is 430. The van der Waals surface area contributed by atoms with E-state index in [-0.39, 0.29) is 5.92 Å². The van der Waals surface area contributed by atoms with Crippen molar-refractivity contribution in [2.45, 2.75) is 59.8 Å². The lowest BCUT2D eigenvalue weighted by Crippen LogP contribution is -2.28. The van der Waals surface area contributed by atoms with E-state index in [0.29, 0.717) is 11.2 Å². The van der Waals surface area contributed by atoms with Gasteiger partial charge in [0, 0.05) is 10.8 Å². The molecule has 1 nitrogen and oxygen atoms in total. The van der Waals surface area contributed by atoms with Gasteiger partial charge >= 0.3 is 0 Å². The van der Waals surface area contributed by atoms with Crippen LogP contribution in [0.25, 0.3) is 0 Å². The Morgan fingerprint density at radius 2 is 1.84 bits per heavy atom. The van der Waals surface area contributed by atoms with Crippen LogP contribution < -0.4 is 0 Å². The van der Waals surface area contributed by atoms with Gasteiger partial charge in [-0.05, 0) is 55.6 Å². The molecule has 106 valence electrons. The lowest BCUT2D eigenvalue weighted by atomic mass is 9.69. The zero-order valence-electron chi connectivity index (χ0n) is 12.7. The van der Waals surface area contributed by atoms with Crippen LogP contribution in [-0.4, -0.2) is 5.78 Å². The highest BCUT2D eigenvalue weighted by molar-refractivity contribution is 7.14. The zero-order valence-corrected chi connectivity index (χ0v) is 13.5. The topological polar surface area (TPSA) is 17.1 Å². The molecular weight excluding hydrogens is 252 g/mol. The number of hydrogen-bond acceptors (Lipinski definition) is 2. The highest BCUT2D eigenvalue weighted by Crippen LogP contribution is 2.41. The molecule has 0 aromatic carbocycles. The molecule has 0 N–H and O–H groups in total. The second-order valence-corrected chi connectivity index (χ2v) is 8.07. The minimum absolute atomic E-state index is 0.280. The second-order valence-electron chi connectivity index (χ2n) is 6.90. The molecule has 2 heteroatoms. The number of rotatable bonds is 3. The van der Waals surface area contributed by atoms with Gasteiger partial charge in [-0.3, -0.25) is 4.79 Å². The third kappa shape index (κ3) is 3.47. The monoisotopic (exact) mass is 278 g/mol. The van der Waals surface area contributed by atoms with Gasteiger partial charge in [0.25, 0.3) is 0 Å². The highest BCUT2D eigenvalue weighted by Gasteiger charge is 2.32. The Labute approximate surface area is 121 Å². The first kappa shape index (κ1) is 14.8. The number of carbonyl (C=O) groups excluding carboxylic acids is 1. The minimum atomic E-state index is 0.280. The molecule has 19 heavy (non-hydrogen) atoms. The number of thiophene rings is 1.